The van der Waals surface area contributed by atoms with Gasteiger partial charge in [0.05, 0.1) is 12.6 Å². The van der Waals surface area contributed by atoms with Crippen molar-refractivity contribution in [2.75, 3.05) is 11.4 Å². The van der Waals surface area contributed by atoms with E-state index in [9.17, 15) is 0 Å². The third kappa shape index (κ3) is 2.20. The quantitative estimate of drug-likeness (QED) is 0.822. The van der Waals surface area contributed by atoms with E-state index >= 15 is 0 Å². The van der Waals surface area contributed by atoms with Crippen molar-refractivity contribution in [1.29, 1.82) is 0 Å². The zero-order chi connectivity index (χ0) is 12.4. The normalized spacial score (nSPS) is 19.4. The average molecular weight is 243 g/mol. The summed E-state index contributed by atoms with van der Waals surface area (Å²) in [5.41, 5.74) is 0. The second-order valence-electron chi connectivity index (χ2n) is 4.68. The maximum absolute atomic E-state index is 4.52. The third-order valence-corrected chi connectivity index (χ3v) is 3.39. The molecule has 0 saturated carbocycles. The van der Waals surface area contributed by atoms with Crippen LogP contribution in [0.4, 0.5) is 5.82 Å². The summed E-state index contributed by atoms with van der Waals surface area (Å²) >= 11 is 0. The predicted octanol–water partition coefficient (Wildman–Crippen LogP) is 1.65. The summed E-state index contributed by atoms with van der Waals surface area (Å²) in [4.78, 5) is 11.0. The molecule has 2 aromatic heterocycles. The Morgan fingerprint density at radius 1 is 1.39 bits per heavy atom. The van der Waals surface area contributed by atoms with Gasteiger partial charge in [-0.05, 0) is 31.9 Å². The van der Waals surface area contributed by atoms with Gasteiger partial charge in [0, 0.05) is 25.1 Å². The van der Waals surface area contributed by atoms with Gasteiger partial charge in [0.2, 0.25) is 0 Å². The fraction of sp³-hybridized carbons (Fsp3) is 0.462. The second-order valence-corrected chi connectivity index (χ2v) is 4.68. The second kappa shape index (κ2) is 4.76. The number of anilines is 1. The molecule has 0 bridgehead atoms. The van der Waals surface area contributed by atoms with Gasteiger partial charge in [-0.1, -0.05) is 0 Å². The Labute approximate surface area is 106 Å². The standard InChI is InChI=1S/C13H17N5/c1-11-14-7-5-13(16-11)18-9-2-4-12(18)10-17-8-3-6-15-17/h3,5-8,12H,2,4,9-10H2,1H3/t12-/m1/s1. The van der Waals surface area contributed by atoms with Crippen LogP contribution in [-0.4, -0.2) is 32.3 Å². The molecule has 3 heterocycles. The van der Waals surface area contributed by atoms with E-state index in [1.807, 2.05) is 42.3 Å². The van der Waals surface area contributed by atoms with E-state index in [4.69, 9.17) is 0 Å². The lowest BCUT2D eigenvalue weighted by Gasteiger charge is -2.25. The Balaban J connectivity index is 1.79. The minimum atomic E-state index is 0.485. The number of hydrogen-bond acceptors (Lipinski definition) is 4. The van der Waals surface area contributed by atoms with Gasteiger partial charge in [-0.15, -0.1) is 0 Å². The highest BCUT2D eigenvalue weighted by atomic mass is 15.3. The molecule has 0 unspecified atom stereocenters. The summed E-state index contributed by atoms with van der Waals surface area (Å²) in [5.74, 6) is 1.87. The van der Waals surface area contributed by atoms with Crippen LogP contribution in [0.25, 0.3) is 0 Å². The van der Waals surface area contributed by atoms with E-state index in [0.717, 1.165) is 24.7 Å². The number of nitrogens with zero attached hydrogens (tertiary/aromatic N) is 5. The summed E-state index contributed by atoms with van der Waals surface area (Å²) in [7, 11) is 0. The highest BCUT2D eigenvalue weighted by Gasteiger charge is 2.26. The van der Waals surface area contributed by atoms with Crippen LogP contribution in [0.1, 0.15) is 18.7 Å². The van der Waals surface area contributed by atoms with Gasteiger partial charge in [0.1, 0.15) is 11.6 Å². The Bertz CT molecular complexity index is 508. The number of hydrogen-bond donors (Lipinski definition) is 0. The molecule has 1 aliphatic rings. The summed E-state index contributed by atoms with van der Waals surface area (Å²) in [6.45, 7) is 3.93. The monoisotopic (exact) mass is 243 g/mol. The molecule has 94 valence electrons. The first kappa shape index (κ1) is 11.2. The molecule has 0 amide bonds. The molecule has 0 aromatic carbocycles. The Hall–Kier alpha value is -1.91. The number of aromatic nitrogens is 4. The van der Waals surface area contributed by atoms with Crippen LogP contribution in [0, 0.1) is 6.92 Å². The number of aryl methyl sites for hydroxylation is 1. The summed E-state index contributed by atoms with van der Waals surface area (Å²) in [5, 5.41) is 4.28. The third-order valence-electron chi connectivity index (χ3n) is 3.39. The van der Waals surface area contributed by atoms with E-state index in [2.05, 4.69) is 20.0 Å². The summed E-state index contributed by atoms with van der Waals surface area (Å²) in [6, 6.07) is 4.45. The fourth-order valence-corrected chi connectivity index (χ4v) is 2.56. The molecule has 3 rings (SSSR count). The Morgan fingerprint density at radius 3 is 3.11 bits per heavy atom. The van der Waals surface area contributed by atoms with E-state index < -0.39 is 0 Å². The first-order valence-corrected chi connectivity index (χ1v) is 6.36. The van der Waals surface area contributed by atoms with Crippen LogP contribution in [0.2, 0.25) is 0 Å². The maximum atomic E-state index is 4.52. The van der Waals surface area contributed by atoms with Crippen LogP contribution in [0.3, 0.4) is 0 Å². The van der Waals surface area contributed by atoms with Crippen molar-refractivity contribution in [3.63, 3.8) is 0 Å². The zero-order valence-corrected chi connectivity index (χ0v) is 10.5. The van der Waals surface area contributed by atoms with Crippen molar-refractivity contribution in [2.45, 2.75) is 32.4 Å². The first-order chi connectivity index (χ1) is 8.83. The average Bonchev–Trinajstić information content (AvgIpc) is 3.01. The molecule has 5 nitrogen and oxygen atoms in total. The van der Waals surface area contributed by atoms with Crippen LogP contribution in [0.5, 0.6) is 0 Å². The van der Waals surface area contributed by atoms with Gasteiger partial charge in [0.15, 0.2) is 0 Å². The van der Waals surface area contributed by atoms with Gasteiger partial charge in [-0.2, -0.15) is 5.10 Å². The largest absolute Gasteiger partial charge is 0.352 e. The van der Waals surface area contributed by atoms with E-state index in [-0.39, 0.29) is 0 Å². The minimum Gasteiger partial charge on any atom is -0.352 e. The van der Waals surface area contributed by atoms with Crippen molar-refractivity contribution in [1.82, 2.24) is 19.7 Å². The molecule has 18 heavy (non-hydrogen) atoms. The van der Waals surface area contributed by atoms with Crippen molar-refractivity contribution in [2.24, 2.45) is 0 Å². The Morgan fingerprint density at radius 2 is 2.33 bits per heavy atom. The molecule has 0 aliphatic carbocycles. The lowest BCUT2D eigenvalue weighted by atomic mass is 10.2. The first-order valence-electron chi connectivity index (χ1n) is 6.36. The van der Waals surface area contributed by atoms with Crippen molar-refractivity contribution in [3.8, 4) is 0 Å². The molecule has 1 aliphatic heterocycles. The Kier molecular flexibility index (Phi) is 2.96. The van der Waals surface area contributed by atoms with Crippen LogP contribution >= 0.6 is 0 Å². The predicted molar refractivity (Wildman–Crippen MR) is 69.4 cm³/mol. The topological polar surface area (TPSA) is 46.8 Å². The SMILES string of the molecule is Cc1nccc(N2CCC[C@@H]2Cn2cccn2)n1. The molecule has 5 heteroatoms. The van der Waals surface area contributed by atoms with Crippen LogP contribution < -0.4 is 4.90 Å². The maximum Gasteiger partial charge on any atom is 0.132 e. The van der Waals surface area contributed by atoms with E-state index in [1.54, 1.807) is 0 Å². The molecule has 1 saturated heterocycles. The fourth-order valence-electron chi connectivity index (χ4n) is 2.56. The minimum absolute atomic E-state index is 0.485. The van der Waals surface area contributed by atoms with Crippen molar-refractivity contribution >= 4 is 5.82 Å². The van der Waals surface area contributed by atoms with Gasteiger partial charge in [-0.3, -0.25) is 4.68 Å². The van der Waals surface area contributed by atoms with Crippen LogP contribution in [0.15, 0.2) is 30.7 Å². The molecule has 0 radical (unpaired) electrons. The highest BCUT2D eigenvalue weighted by Crippen LogP contribution is 2.24. The molecule has 2 aromatic rings. The summed E-state index contributed by atoms with van der Waals surface area (Å²) in [6.07, 6.45) is 8.09. The molecular weight excluding hydrogens is 226 g/mol. The van der Waals surface area contributed by atoms with Crippen molar-refractivity contribution in [3.05, 3.63) is 36.5 Å². The molecule has 0 N–H and O–H groups in total. The number of rotatable bonds is 3. The van der Waals surface area contributed by atoms with Gasteiger partial charge >= 0.3 is 0 Å². The van der Waals surface area contributed by atoms with E-state index in [1.165, 1.54) is 12.8 Å². The molecule has 0 spiro atoms. The van der Waals surface area contributed by atoms with Crippen molar-refractivity contribution < 1.29 is 0 Å². The molecule has 1 fully saturated rings. The molecular formula is C13H17N5. The summed E-state index contributed by atoms with van der Waals surface area (Å²) < 4.78 is 2.00. The van der Waals surface area contributed by atoms with Crippen LogP contribution in [-0.2, 0) is 6.54 Å². The lowest BCUT2D eigenvalue weighted by Crippen LogP contribution is -2.33. The molecule has 1 atom stereocenters. The van der Waals surface area contributed by atoms with Gasteiger partial charge in [0.25, 0.3) is 0 Å². The van der Waals surface area contributed by atoms with E-state index in [0.29, 0.717) is 6.04 Å². The lowest BCUT2D eigenvalue weighted by molar-refractivity contribution is 0.507. The smallest absolute Gasteiger partial charge is 0.132 e. The van der Waals surface area contributed by atoms with Gasteiger partial charge < -0.3 is 4.90 Å². The zero-order valence-electron chi connectivity index (χ0n) is 10.5. The highest BCUT2D eigenvalue weighted by molar-refractivity contribution is 5.40. The van der Waals surface area contributed by atoms with Gasteiger partial charge in [-0.25, -0.2) is 9.97 Å².